The maximum absolute atomic E-state index is 15.1. The smallest absolute Gasteiger partial charge is 0.237 e. The lowest BCUT2D eigenvalue weighted by Crippen LogP contribution is -2.50. The Balaban J connectivity index is 1.38. The van der Waals surface area contributed by atoms with E-state index in [4.69, 9.17) is 4.74 Å². The molecule has 14 heteroatoms. The van der Waals surface area contributed by atoms with Crippen LogP contribution < -0.4 is 20.1 Å². The number of aryl methyl sites for hydroxylation is 1. The summed E-state index contributed by atoms with van der Waals surface area (Å²) in [4.78, 5) is 12.7. The van der Waals surface area contributed by atoms with Gasteiger partial charge in [-0.3, -0.25) is 4.72 Å². The molecule has 0 saturated carbocycles. The highest BCUT2D eigenvalue weighted by atomic mass is 32.2. The van der Waals surface area contributed by atoms with E-state index in [-0.39, 0.29) is 42.1 Å². The zero-order valence-electron chi connectivity index (χ0n) is 23.2. The van der Waals surface area contributed by atoms with Crippen molar-refractivity contribution in [2.45, 2.75) is 37.7 Å². The Morgan fingerprint density at radius 1 is 1.07 bits per heavy atom. The first kappa shape index (κ1) is 30.2. The van der Waals surface area contributed by atoms with Crippen LogP contribution >= 0.6 is 0 Å². The SMILES string of the molecule is Cc1ccccc1CS(=O)(=O)Nc1c(F)cc(Oc2ncccc2-c2ccnc(N[C@@H]3CNC[C@@](C)(F)C3)n2)c(F)c1F. The molecule has 1 aliphatic rings. The zero-order chi connectivity index (χ0) is 30.8. The molecule has 9 nitrogen and oxygen atoms in total. The molecule has 0 aliphatic carbocycles. The summed E-state index contributed by atoms with van der Waals surface area (Å²) in [6.45, 7) is 3.93. The molecule has 0 bridgehead atoms. The number of ether oxygens (including phenoxy) is 1. The fourth-order valence-electron chi connectivity index (χ4n) is 4.71. The van der Waals surface area contributed by atoms with Crippen LogP contribution in [0.3, 0.4) is 0 Å². The fraction of sp³-hybridized carbons (Fsp3) is 0.276. The molecule has 0 radical (unpaired) electrons. The van der Waals surface area contributed by atoms with Crippen molar-refractivity contribution in [1.29, 1.82) is 0 Å². The molecule has 3 heterocycles. The average molecular weight is 617 g/mol. The number of alkyl halides is 1. The molecule has 1 fully saturated rings. The summed E-state index contributed by atoms with van der Waals surface area (Å²) in [5.41, 5.74) is -0.966. The van der Waals surface area contributed by atoms with Crippen LogP contribution in [0.4, 0.5) is 29.2 Å². The van der Waals surface area contributed by atoms with Crippen molar-refractivity contribution in [2.24, 2.45) is 0 Å². The van der Waals surface area contributed by atoms with Gasteiger partial charge in [-0.15, -0.1) is 0 Å². The second-order valence-corrected chi connectivity index (χ2v) is 12.2. The van der Waals surface area contributed by atoms with Gasteiger partial charge >= 0.3 is 0 Å². The maximum atomic E-state index is 15.1. The second-order valence-electron chi connectivity index (χ2n) is 10.5. The van der Waals surface area contributed by atoms with Gasteiger partial charge in [-0.05, 0) is 43.2 Å². The lowest BCUT2D eigenvalue weighted by atomic mass is 9.95. The van der Waals surface area contributed by atoms with E-state index in [0.29, 0.717) is 23.7 Å². The summed E-state index contributed by atoms with van der Waals surface area (Å²) in [5, 5.41) is 6.10. The number of pyridine rings is 1. The monoisotopic (exact) mass is 616 g/mol. The van der Waals surface area contributed by atoms with Gasteiger partial charge in [0.1, 0.15) is 11.4 Å². The standard InChI is InChI=1S/C29H28F4N6O3S/c1-17-6-3-4-7-18(17)15-43(40,41)39-26-21(30)12-23(24(31)25(26)32)42-27-20(8-5-10-35-27)22-9-11-36-28(38-22)37-19-13-29(2,33)16-34-14-19/h3-12,19,34,39H,13-16H2,1-2H3,(H,36,37,38)/t19-,29-/m0/s1. The Hall–Kier alpha value is -4.30. The number of nitrogens with one attached hydrogen (secondary N) is 3. The van der Waals surface area contributed by atoms with Gasteiger partial charge in [-0.25, -0.2) is 36.5 Å². The number of piperidine rings is 1. The van der Waals surface area contributed by atoms with Gasteiger partial charge in [-0.2, -0.15) is 4.39 Å². The first-order valence-electron chi connectivity index (χ1n) is 13.3. The number of aromatic nitrogens is 3. The van der Waals surface area contributed by atoms with Crippen LogP contribution in [-0.4, -0.2) is 48.2 Å². The van der Waals surface area contributed by atoms with Crippen LogP contribution in [0.1, 0.15) is 24.5 Å². The van der Waals surface area contributed by atoms with Crippen molar-refractivity contribution in [2.75, 3.05) is 23.1 Å². The molecule has 43 heavy (non-hydrogen) atoms. The Morgan fingerprint density at radius 3 is 2.63 bits per heavy atom. The van der Waals surface area contributed by atoms with Crippen molar-refractivity contribution in [3.8, 4) is 22.9 Å². The van der Waals surface area contributed by atoms with Gasteiger partial charge in [0.15, 0.2) is 17.4 Å². The minimum absolute atomic E-state index is 0.197. The highest BCUT2D eigenvalue weighted by molar-refractivity contribution is 7.91. The summed E-state index contributed by atoms with van der Waals surface area (Å²) in [6, 6.07) is 11.5. The molecular weight excluding hydrogens is 588 g/mol. The van der Waals surface area contributed by atoms with E-state index in [2.05, 4.69) is 25.6 Å². The molecule has 2 atom stereocenters. The van der Waals surface area contributed by atoms with Gasteiger partial charge in [0.05, 0.1) is 17.0 Å². The van der Waals surface area contributed by atoms with E-state index in [1.54, 1.807) is 48.0 Å². The molecule has 0 amide bonds. The molecular formula is C29H28F4N6O3S. The predicted octanol–water partition coefficient (Wildman–Crippen LogP) is 5.50. The number of anilines is 2. The normalized spacial score (nSPS) is 18.7. The van der Waals surface area contributed by atoms with E-state index in [1.165, 1.54) is 25.4 Å². The van der Waals surface area contributed by atoms with Crippen LogP contribution in [0.5, 0.6) is 11.6 Å². The van der Waals surface area contributed by atoms with Crippen LogP contribution in [0, 0.1) is 24.4 Å². The first-order valence-corrected chi connectivity index (χ1v) is 14.9. The molecule has 0 unspecified atom stereocenters. The molecule has 1 saturated heterocycles. The fourth-order valence-corrected chi connectivity index (χ4v) is 6.01. The minimum atomic E-state index is -4.30. The molecule has 5 rings (SSSR count). The summed E-state index contributed by atoms with van der Waals surface area (Å²) in [6.07, 6.45) is 3.01. The van der Waals surface area contributed by atoms with Gasteiger partial charge in [0, 0.05) is 44.0 Å². The van der Waals surface area contributed by atoms with Crippen LogP contribution in [0.15, 0.2) is 60.9 Å². The molecule has 226 valence electrons. The van der Waals surface area contributed by atoms with Crippen LogP contribution in [0.25, 0.3) is 11.3 Å². The van der Waals surface area contributed by atoms with Crippen molar-refractivity contribution < 1.29 is 30.7 Å². The summed E-state index contributed by atoms with van der Waals surface area (Å²) >= 11 is 0. The van der Waals surface area contributed by atoms with Gasteiger partial charge in [0.25, 0.3) is 0 Å². The van der Waals surface area contributed by atoms with Crippen LogP contribution in [0.2, 0.25) is 0 Å². The third-order valence-electron chi connectivity index (χ3n) is 6.79. The molecule has 1 aliphatic heterocycles. The van der Waals surface area contributed by atoms with Crippen molar-refractivity contribution in [1.82, 2.24) is 20.3 Å². The molecule has 2 aromatic heterocycles. The predicted molar refractivity (Wildman–Crippen MR) is 153 cm³/mol. The summed E-state index contributed by atoms with van der Waals surface area (Å²) < 4.78 is 92.2. The number of nitrogens with zero attached hydrogens (tertiary/aromatic N) is 3. The largest absolute Gasteiger partial charge is 0.435 e. The average Bonchev–Trinajstić information content (AvgIpc) is 2.95. The second kappa shape index (κ2) is 12.1. The Labute approximate surface area is 245 Å². The topological polar surface area (TPSA) is 118 Å². The number of sulfonamides is 1. The Bertz CT molecular complexity index is 1760. The van der Waals surface area contributed by atoms with Crippen molar-refractivity contribution >= 4 is 21.7 Å². The van der Waals surface area contributed by atoms with Crippen LogP contribution in [-0.2, 0) is 15.8 Å². The molecule has 0 spiro atoms. The quantitative estimate of drug-likeness (QED) is 0.167. The van der Waals surface area contributed by atoms with E-state index in [1.807, 2.05) is 0 Å². The summed E-state index contributed by atoms with van der Waals surface area (Å²) in [7, 11) is -4.30. The number of benzene rings is 2. The van der Waals surface area contributed by atoms with Gasteiger partial charge in [0.2, 0.25) is 27.7 Å². The lowest BCUT2D eigenvalue weighted by Gasteiger charge is -2.33. The van der Waals surface area contributed by atoms with Gasteiger partial charge in [-0.1, -0.05) is 24.3 Å². The number of rotatable bonds is 9. The zero-order valence-corrected chi connectivity index (χ0v) is 24.0. The van der Waals surface area contributed by atoms with E-state index < -0.39 is 50.3 Å². The third kappa shape index (κ3) is 7.20. The number of hydrogen-bond acceptors (Lipinski definition) is 8. The highest BCUT2D eigenvalue weighted by Gasteiger charge is 2.32. The summed E-state index contributed by atoms with van der Waals surface area (Å²) in [5.74, 6) is -6.27. The Morgan fingerprint density at radius 2 is 1.86 bits per heavy atom. The first-order chi connectivity index (χ1) is 20.4. The van der Waals surface area contributed by atoms with Crippen molar-refractivity contribution in [3.05, 3.63) is 89.5 Å². The van der Waals surface area contributed by atoms with Crippen molar-refractivity contribution in [3.63, 3.8) is 0 Å². The third-order valence-corrected chi connectivity index (χ3v) is 7.99. The molecule has 2 aromatic carbocycles. The molecule has 3 N–H and O–H groups in total. The minimum Gasteiger partial charge on any atom is -0.435 e. The number of hydrogen-bond donors (Lipinski definition) is 3. The lowest BCUT2D eigenvalue weighted by molar-refractivity contribution is 0.137. The van der Waals surface area contributed by atoms with E-state index in [0.717, 1.165) is 0 Å². The molecule has 4 aromatic rings. The maximum Gasteiger partial charge on any atom is 0.237 e. The Kier molecular flexibility index (Phi) is 8.51. The van der Waals surface area contributed by atoms with E-state index >= 15 is 13.2 Å². The van der Waals surface area contributed by atoms with Gasteiger partial charge < -0.3 is 15.4 Å². The highest BCUT2D eigenvalue weighted by Crippen LogP contribution is 2.36. The van der Waals surface area contributed by atoms with E-state index in [9.17, 15) is 12.8 Å². The number of halogens is 4.